The van der Waals surface area contributed by atoms with Gasteiger partial charge in [-0.1, -0.05) is 24.3 Å². The number of hydrogen-bond donors (Lipinski definition) is 3. The molecule has 0 spiro atoms. The quantitative estimate of drug-likeness (QED) is 0.793. The first-order valence-electron chi connectivity index (χ1n) is 8.01. The molecule has 0 atom stereocenters. The summed E-state index contributed by atoms with van der Waals surface area (Å²) in [4.78, 5) is 0. The zero-order valence-corrected chi connectivity index (χ0v) is 12.3. The average molecular weight is 282 g/mol. The van der Waals surface area contributed by atoms with E-state index in [-0.39, 0.29) is 0 Å². The first-order chi connectivity index (χ1) is 10.4. The van der Waals surface area contributed by atoms with E-state index in [0.717, 1.165) is 32.6 Å². The van der Waals surface area contributed by atoms with Crippen molar-refractivity contribution in [2.24, 2.45) is 0 Å². The first-order valence-corrected chi connectivity index (χ1v) is 8.01. The number of piperidine rings is 1. The van der Waals surface area contributed by atoms with Crippen molar-refractivity contribution in [1.29, 1.82) is 0 Å². The van der Waals surface area contributed by atoms with Crippen LogP contribution < -0.4 is 10.6 Å². The summed E-state index contributed by atoms with van der Waals surface area (Å²) in [6, 6.07) is 6.65. The van der Waals surface area contributed by atoms with Gasteiger partial charge in [0.2, 0.25) is 0 Å². The molecule has 110 valence electrons. The topological polar surface area (TPSA) is 52.7 Å². The molecule has 2 aliphatic heterocycles. The predicted octanol–water partition coefficient (Wildman–Crippen LogP) is 2.41. The fourth-order valence-electron chi connectivity index (χ4n) is 3.60. The summed E-state index contributed by atoms with van der Waals surface area (Å²) < 4.78 is 0. The second-order valence-electron chi connectivity index (χ2n) is 6.06. The van der Waals surface area contributed by atoms with Crippen LogP contribution in [0.4, 0.5) is 0 Å². The Morgan fingerprint density at radius 2 is 1.95 bits per heavy atom. The molecule has 1 aromatic carbocycles. The smallest absolute Gasteiger partial charge is 0.0962 e. The molecule has 0 aliphatic carbocycles. The van der Waals surface area contributed by atoms with Crippen LogP contribution in [-0.2, 0) is 0 Å². The summed E-state index contributed by atoms with van der Waals surface area (Å²) in [5.74, 6) is 0.643. The van der Waals surface area contributed by atoms with Crippen molar-refractivity contribution in [3.8, 4) is 0 Å². The molecule has 3 heterocycles. The lowest BCUT2D eigenvalue weighted by molar-refractivity contribution is 0.462. The van der Waals surface area contributed by atoms with Crippen molar-refractivity contribution in [3.05, 3.63) is 35.5 Å². The van der Waals surface area contributed by atoms with Gasteiger partial charge in [0, 0.05) is 11.9 Å². The third-order valence-electron chi connectivity index (χ3n) is 4.74. The second-order valence-corrected chi connectivity index (χ2v) is 6.06. The molecular formula is C17H22N4. The van der Waals surface area contributed by atoms with Gasteiger partial charge in [-0.3, -0.25) is 5.10 Å². The fourth-order valence-corrected chi connectivity index (χ4v) is 3.60. The van der Waals surface area contributed by atoms with Gasteiger partial charge in [0.15, 0.2) is 0 Å². The second kappa shape index (κ2) is 5.62. The average Bonchev–Trinajstić information content (AvgIpc) is 3.00. The summed E-state index contributed by atoms with van der Waals surface area (Å²) in [5, 5.41) is 16.1. The molecule has 1 saturated heterocycles. The third kappa shape index (κ3) is 2.39. The molecule has 4 rings (SSSR count). The standard InChI is InChI=1S/C17H22N4/c1-4-14(12-6-9-18-10-7-12)17-15(5-1)16(20-21-17)13-3-2-8-19-11-13/h1,3-5,12,18-19H,2,6-11H2,(H,20,21). The number of para-hydroxylation sites is 1. The lowest BCUT2D eigenvalue weighted by Gasteiger charge is -2.23. The summed E-state index contributed by atoms with van der Waals surface area (Å²) in [6.07, 6.45) is 5.86. The van der Waals surface area contributed by atoms with Gasteiger partial charge in [-0.15, -0.1) is 0 Å². The molecule has 0 amide bonds. The maximum atomic E-state index is 4.65. The van der Waals surface area contributed by atoms with E-state index in [4.69, 9.17) is 0 Å². The number of nitrogens with zero attached hydrogens (tertiary/aromatic N) is 1. The van der Waals surface area contributed by atoms with Gasteiger partial charge >= 0.3 is 0 Å². The molecule has 21 heavy (non-hydrogen) atoms. The minimum Gasteiger partial charge on any atom is -0.317 e. The van der Waals surface area contributed by atoms with E-state index >= 15 is 0 Å². The maximum Gasteiger partial charge on any atom is 0.0962 e. The largest absolute Gasteiger partial charge is 0.317 e. The molecular weight excluding hydrogens is 260 g/mol. The minimum absolute atomic E-state index is 0.643. The highest BCUT2D eigenvalue weighted by molar-refractivity contribution is 5.92. The predicted molar refractivity (Wildman–Crippen MR) is 86.4 cm³/mol. The Labute approximate surface area is 125 Å². The van der Waals surface area contributed by atoms with Crippen LogP contribution in [0.15, 0.2) is 24.3 Å². The van der Waals surface area contributed by atoms with Gasteiger partial charge < -0.3 is 10.6 Å². The highest BCUT2D eigenvalue weighted by Crippen LogP contribution is 2.33. The van der Waals surface area contributed by atoms with Crippen molar-refractivity contribution in [1.82, 2.24) is 20.8 Å². The summed E-state index contributed by atoms with van der Waals surface area (Å²) in [6.45, 7) is 4.26. The van der Waals surface area contributed by atoms with Gasteiger partial charge in [-0.05, 0) is 56.0 Å². The number of hydrogen-bond acceptors (Lipinski definition) is 3. The number of fused-ring (bicyclic) bond motifs is 1. The maximum absolute atomic E-state index is 4.65. The minimum atomic E-state index is 0.643. The van der Waals surface area contributed by atoms with Crippen LogP contribution in [0.3, 0.4) is 0 Å². The van der Waals surface area contributed by atoms with Crippen molar-refractivity contribution < 1.29 is 0 Å². The van der Waals surface area contributed by atoms with E-state index < -0.39 is 0 Å². The highest BCUT2D eigenvalue weighted by atomic mass is 15.1. The van der Waals surface area contributed by atoms with E-state index in [2.05, 4.69) is 45.1 Å². The number of nitrogens with one attached hydrogen (secondary N) is 3. The normalized spacial score (nSPS) is 20.7. The molecule has 0 unspecified atom stereocenters. The Morgan fingerprint density at radius 3 is 2.76 bits per heavy atom. The molecule has 0 bridgehead atoms. The van der Waals surface area contributed by atoms with E-state index in [1.807, 2.05) is 0 Å². The number of H-pyrrole nitrogens is 1. The van der Waals surface area contributed by atoms with Crippen LogP contribution in [0, 0.1) is 0 Å². The van der Waals surface area contributed by atoms with Crippen molar-refractivity contribution in [2.45, 2.75) is 25.2 Å². The number of benzene rings is 1. The van der Waals surface area contributed by atoms with Gasteiger partial charge in [0.1, 0.15) is 0 Å². The van der Waals surface area contributed by atoms with Crippen molar-refractivity contribution in [2.75, 3.05) is 26.2 Å². The first kappa shape index (κ1) is 13.0. The van der Waals surface area contributed by atoms with Crippen molar-refractivity contribution >= 4 is 16.5 Å². The molecule has 1 fully saturated rings. The molecule has 0 radical (unpaired) electrons. The van der Waals surface area contributed by atoms with E-state index in [1.54, 1.807) is 0 Å². The van der Waals surface area contributed by atoms with Crippen LogP contribution >= 0.6 is 0 Å². The number of rotatable bonds is 2. The Hall–Kier alpha value is -1.65. The lowest BCUT2D eigenvalue weighted by atomic mass is 9.88. The highest BCUT2D eigenvalue weighted by Gasteiger charge is 2.20. The molecule has 3 N–H and O–H groups in total. The van der Waals surface area contributed by atoms with Crippen LogP contribution in [0.2, 0.25) is 0 Å². The van der Waals surface area contributed by atoms with E-state index in [0.29, 0.717) is 5.92 Å². The van der Waals surface area contributed by atoms with Crippen LogP contribution in [-0.4, -0.2) is 36.4 Å². The van der Waals surface area contributed by atoms with Crippen LogP contribution in [0.5, 0.6) is 0 Å². The molecule has 4 heteroatoms. The number of aromatic nitrogens is 2. The van der Waals surface area contributed by atoms with E-state index in [9.17, 15) is 0 Å². The Kier molecular flexibility index (Phi) is 3.49. The van der Waals surface area contributed by atoms with Gasteiger partial charge in [0.05, 0.1) is 11.2 Å². The molecule has 2 aromatic rings. The third-order valence-corrected chi connectivity index (χ3v) is 4.74. The zero-order valence-electron chi connectivity index (χ0n) is 12.3. The van der Waals surface area contributed by atoms with Gasteiger partial charge in [-0.25, -0.2) is 0 Å². The van der Waals surface area contributed by atoms with Crippen molar-refractivity contribution in [3.63, 3.8) is 0 Å². The number of aromatic amines is 1. The summed E-state index contributed by atoms with van der Waals surface area (Å²) in [5.41, 5.74) is 5.14. The van der Waals surface area contributed by atoms with Crippen LogP contribution in [0.1, 0.15) is 36.4 Å². The van der Waals surface area contributed by atoms with Crippen LogP contribution in [0.25, 0.3) is 16.5 Å². The van der Waals surface area contributed by atoms with Gasteiger partial charge in [-0.2, -0.15) is 5.10 Å². The molecule has 0 saturated carbocycles. The Bertz CT molecular complexity index is 664. The SMILES string of the molecule is C1=C(c2[nH]nc3c(C4CCNCC4)cccc23)CNCC1. The molecule has 2 aliphatic rings. The Morgan fingerprint density at radius 1 is 1.05 bits per heavy atom. The van der Waals surface area contributed by atoms with E-state index in [1.165, 1.54) is 40.6 Å². The molecule has 1 aromatic heterocycles. The lowest BCUT2D eigenvalue weighted by Crippen LogP contribution is -2.26. The zero-order chi connectivity index (χ0) is 14.1. The molecule has 4 nitrogen and oxygen atoms in total. The fraction of sp³-hybridized carbons (Fsp3) is 0.471. The van der Waals surface area contributed by atoms with Gasteiger partial charge in [0.25, 0.3) is 0 Å². The summed E-state index contributed by atoms with van der Waals surface area (Å²) in [7, 11) is 0. The summed E-state index contributed by atoms with van der Waals surface area (Å²) >= 11 is 0. The monoisotopic (exact) mass is 282 g/mol. The Balaban J connectivity index is 1.77.